The van der Waals surface area contributed by atoms with Crippen molar-refractivity contribution in [1.82, 2.24) is 9.58 Å². The maximum Gasteiger partial charge on any atom is 0.278 e. The summed E-state index contributed by atoms with van der Waals surface area (Å²) in [6.45, 7) is 1.22. The molecule has 2 aromatic carbocycles. The number of benzene rings is 2. The number of rotatable bonds is 2. The van der Waals surface area contributed by atoms with Gasteiger partial charge in [0, 0.05) is 22.9 Å². The number of thioether (sulfide) groups is 1. The van der Waals surface area contributed by atoms with Crippen LogP contribution in [0.15, 0.2) is 70.5 Å². The molecular weight excluding hydrogens is 426 g/mol. The number of amides is 1. The van der Waals surface area contributed by atoms with Gasteiger partial charge in [-0.25, -0.2) is 0 Å². The van der Waals surface area contributed by atoms with Crippen molar-refractivity contribution in [2.75, 3.05) is 24.9 Å². The van der Waals surface area contributed by atoms with Crippen LogP contribution in [0, 0.1) is 0 Å². The van der Waals surface area contributed by atoms with Gasteiger partial charge in [0.15, 0.2) is 11.4 Å². The van der Waals surface area contributed by atoms with Gasteiger partial charge in [-0.05, 0) is 22.8 Å². The average molecular weight is 448 g/mol. The molecule has 1 fully saturated rings. The summed E-state index contributed by atoms with van der Waals surface area (Å²) in [5.74, 6) is -0.0230. The molecule has 32 heavy (non-hydrogen) atoms. The maximum absolute atomic E-state index is 13.3. The van der Waals surface area contributed by atoms with Crippen molar-refractivity contribution in [3.8, 4) is 5.75 Å². The number of aromatic hydroxyl groups is 1. The molecule has 162 valence electrons. The molecule has 0 bridgehead atoms. The Balaban J connectivity index is 1.60. The second-order valence-electron chi connectivity index (χ2n) is 8.20. The number of ether oxygens (including phenoxy) is 1. The molecule has 1 aromatic heterocycles. The van der Waals surface area contributed by atoms with Crippen LogP contribution < -0.4 is 10.4 Å². The molecule has 0 spiro atoms. The summed E-state index contributed by atoms with van der Waals surface area (Å²) in [4.78, 5) is 28.5. The van der Waals surface area contributed by atoms with Gasteiger partial charge in [-0.3, -0.25) is 19.3 Å². The second-order valence-corrected chi connectivity index (χ2v) is 9.21. The van der Waals surface area contributed by atoms with Crippen molar-refractivity contribution in [3.63, 3.8) is 0 Å². The molecule has 1 saturated heterocycles. The number of fused-ring (bicyclic) bond motifs is 3. The molecule has 1 atom stereocenters. The van der Waals surface area contributed by atoms with Crippen molar-refractivity contribution in [1.29, 1.82) is 0 Å². The maximum atomic E-state index is 13.3. The van der Waals surface area contributed by atoms with Gasteiger partial charge in [-0.15, -0.1) is 11.8 Å². The summed E-state index contributed by atoms with van der Waals surface area (Å²) in [5.41, 5.74) is 2.94. The molecular formula is C24H21N3O4S. The zero-order valence-corrected chi connectivity index (χ0v) is 18.0. The molecule has 1 unspecified atom stereocenters. The van der Waals surface area contributed by atoms with Crippen LogP contribution in [-0.4, -0.2) is 46.5 Å². The number of nitrogens with zero attached hydrogens (tertiary/aromatic N) is 3. The third kappa shape index (κ3) is 2.87. The first-order valence-electron chi connectivity index (χ1n) is 10.5. The fraction of sp³-hybridized carbons (Fsp3) is 0.250. The lowest BCUT2D eigenvalue weighted by atomic mass is 9.94. The topological polar surface area (TPSA) is 75.0 Å². The molecule has 3 aliphatic heterocycles. The van der Waals surface area contributed by atoms with Gasteiger partial charge >= 0.3 is 0 Å². The van der Waals surface area contributed by atoms with Crippen molar-refractivity contribution in [2.45, 2.75) is 22.7 Å². The molecule has 1 N–H and O–H groups in total. The number of carbonyl (C=O) groups excluding carboxylic acids is 1. The molecule has 4 heterocycles. The van der Waals surface area contributed by atoms with Crippen LogP contribution in [0.3, 0.4) is 0 Å². The molecule has 0 aliphatic carbocycles. The number of pyridine rings is 1. The largest absolute Gasteiger partial charge is 0.502 e. The summed E-state index contributed by atoms with van der Waals surface area (Å²) in [5, 5.41) is 12.7. The standard InChI is InChI=1S/C24H21N3O4S/c28-19-9-10-26-22(23(19)29)24(30)25(16-11-31-12-16)14-27(26)21-17-6-2-1-5-15(17)13-32-20-8-4-3-7-18(20)21/h1-10,16,21,29H,11-14H2. The van der Waals surface area contributed by atoms with Crippen LogP contribution in [-0.2, 0) is 10.5 Å². The van der Waals surface area contributed by atoms with Crippen molar-refractivity contribution >= 4 is 17.7 Å². The van der Waals surface area contributed by atoms with Gasteiger partial charge < -0.3 is 14.7 Å². The summed E-state index contributed by atoms with van der Waals surface area (Å²) in [6, 6.07) is 17.7. The zero-order valence-electron chi connectivity index (χ0n) is 17.2. The molecule has 0 radical (unpaired) electrons. The van der Waals surface area contributed by atoms with E-state index in [-0.39, 0.29) is 23.7 Å². The Kier molecular flexibility index (Phi) is 4.51. The third-order valence-corrected chi connectivity index (χ3v) is 7.54. The highest BCUT2D eigenvalue weighted by atomic mass is 32.2. The number of hydrogen-bond acceptors (Lipinski definition) is 6. The van der Waals surface area contributed by atoms with E-state index in [4.69, 9.17) is 4.74 Å². The Morgan fingerprint density at radius 3 is 2.50 bits per heavy atom. The number of carbonyl (C=O) groups is 1. The monoisotopic (exact) mass is 447 g/mol. The molecule has 6 rings (SSSR count). The highest BCUT2D eigenvalue weighted by molar-refractivity contribution is 7.98. The minimum absolute atomic E-state index is 0.00233. The van der Waals surface area contributed by atoms with Crippen LogP contribution in [0.5, 0.6) is 5.75 Å². The fourth-order valence-electron chi connectivity index (χ4n) is 4.66. The van der Waals surface area contributed by atoms with E-state index in [2.05, 4.69) is 29.3 Å². The van der Waals surface area contributed by atoms with E-state index in [1.54, 1.807) is 27.5 Å². The first kappa shape index (κ1) is 19.5. The molecule has 1 amide bonds. The van der Waals surface area contributed by atoms with E-state index < -0.39 is 11.2 Å². The van der Waals surface area contributed by atoms with Crippen LogP contribution in [0.4, 0.5) is 0 Å². The van der Waals surface area contributed by atoms with Crippen LogP contribution in [0.1, 0.15) is 33.2 Å². The average Bonchev–Trinajstić information content (AvgIpc) is 2.94. The summed E-state index contributed by atoms with van der Waals surface area (Å²) in [6.07, 6.45) is 1.59. The molecule has 0 saturated carbocycles. The Morgan fingerprint density at radius 2 is 1.72 bits per heavy atom. The smallest absolute Gasteiger partial charge is 0.278 e. The molecule has 3 aliphatic rings. The number of hydrogen-bond donors (Lipinski definition) is 1. The van der Waals surface area contributed by atoms with Gasteiger partial charge in [-0.1, -0.05) is 42.5 Å². The molecule has 3 aromatic rings. The first-order valence-corrected chi connectivity index (χ1v) is 11.5. The van der Waals surface area contributed by atoms with E-state index >= 15 is 0 Å². The van der Waals surface area contributed by atoms with Crippen molar-refractivity contribution < 1.29 is 14.6 Å². The van der Waals surface area contributed by atoms with Crippen molar-refractivity contribution in [3.05, 3.63) is 93.4 Å². The Labute approximate surface area is 188 Å². The Hall–Kier alpha value is -3.23. The number of aromatic nitrogens is 1. The molecule has 7 nitrogen and oxygen atoms in total. The SMILES string of the molecule is O=C1c2c(O)c(=O)ccn2N(C2c3ccccc3CSc3ccccc32)CN1C1COC1. The van der Waals surface area contributed by atoms with Gasteiger partial charge in [0.25, 0.3) is 5.91 Å². The normalized spacial score (nSPS) is 20.1. The zero-order chi connectivity index (χ0) is 21.8. The predicted octanol–water partition coefficient (Wildman–Crippen LogP) is 2.70. The minimum Gasteiger partial charge on any atom is -0.502 e. The second kappa shape index (κ2) is 7.43. The predicted molar refractivity (Wildman–Crippen MR) is 121 cm³/mol. The minimum atomic E-state index is -0.562. The molecule has 8 heteroatoms. The van der Waals surface area contributed by atoms with E-state index in [1.165, 1.54) is 16.5 Å². The van der Waals surface area contributed by atoms with Crippen molar-refractivity contribution in [2.24, 2.45) is 0 Å². The van der Waals surface area contributed by atoms with E-state index in [0.717, 1.165) is 16.9 Å². The summed E-state index contributed by atoms with van der Waals surface area (Å²) >= 11 is 1.79. The van der Waals surface area contributed by atoms with Gasteiger partial charge in [0.2, 0.25) is 5.43 Å². The summed E-state index contributed by atoms with van der Waals surface area (Å²) in [7, 11) is 0. The van der Waals surface area contributed by atoms with Crippen LogP contribution in [0.25, 0.3) is 0 Å². The van der Waals surface area contributed by atoms with Crippen LogP contribution in [0.2, 0.25) is 0 Å². The van der Waals surface area contributed by atoms with Gasteiger partial charge in [0.1, 0.15) is 6.67 Å². The van der Waals surface area contributed by atoms with E-state index in [0.29, 0.717) is 19.9 Å². The lowest BCUT2D eigenvalue weighted by Crippen LogP contribution is -2.62. The fourth-order valence-corrected chi connectivity index (χ4v) is 5.75. The third-order valence-electron chi connectivity index (χ3n) is 6.40. The Bertz CT molecular complexity index is 1240. The quantitative estimate of drug-likeness (QED) is 0.651. The van der Waals surface area contributed by atoms with E-state index in [9.17, 15) is 14.7 Å². The first-order chi connectivity index (χ1) is 15.6. The summed E-state index contributed by atoms with van der Waals surface area (Å²) < 4.78 is 7.00. The Morgan fingerprint density at radius 1 is 0.969 bits per heavy atom. The van der Waals surface area contributed by atoms with E-state index in [1.807, 2.05) is 24.3 Å². The lowest BCUT2D eigenvalue weighted by molar-refractivity contribution is -0.0586. The highest BCUT2D eigenvalue weighted by Crippen LogP contribution is 2.43. The van der Waals surface area contributed by atoms with Gasteiger partial charge in [-0.2, -0.15) is 0 Å². The highest BCUT2D eigenvalue weighted by Gasteiger charge is 2.42. The van der Waals surface area contributed by atoms with Gasteiger partial charge in [0.05, 0.1) is 25.3 Å². The van der Waals surface area contributed by atoms with Crippen LogP contribution >= 0.6 is 11.8 Å². The lowest BCUT2D eigenvalue weighted by Gasteiger charge is -2.48.